The monoisotopic (exact) mass is 288 g/mol. The number of alkyl halides is 3. The molecule has 2 aromatic rings. The molecule has 1 aromatic carbocycles. The van der Waals surface area contributed by atoms with Crippen molar-refractivity contribution in [2.24, 2.45) is 0 Å². The molecule has 0 saturated heterocycles. The van der Waals surface area contributed by atoms with E-state index >= 15 is 0 Å². The first kappa shape index (κ1) is 13.4. The standard InChI is InChI=1S/C11H8ClF3N4/c12-9-8(10(16)18-5-17-9)19-7-3-1-6(2-4-7)11(13,14)15/h1-5,19H,(H2,16,17,18). The van der Waals surface area contributed by atoms with E-state index in [1.807, 2.05) is 0 Å². The van der Waals surface area contributed by atoms with Gasteiger partial charge in [0.25, 0.3) is 0 Å². The summed E-state index contributed by atoms with van der Waals surface area (Å²) >= 11 is 5.81. The summed E-state index contributed by atoms with van der Waals surface area (Å²) in [6, 6.07) is 4.45. The van der Waals surface area contributed by atoms with Crippen LogP contribution in [0.1, 0.15) is 5.56 Å². The minimum Gasteiger partial charge on any atom is -0.382 e. The third-order valence-electron chi connectivity index (χ3n) is 2.31. The van der Waals surface area contributed by atoms with Gasteiger partial charge in [-0.3, -0.25) is 0 Å². The Morgan fingerprint density at radius 1 is 1.11 bits per heavy atom. The number of benzene rings is 1. The predicted octanol–water partition coefficient (Wildman–Crippen LogP) is 3.47. The van der Waals surface area contributed by atoms with Crippen LogP contribution >= 0.6 is 11.6 Å². The van der Waals surface area contributed by atoms with Crippen molar-refractivity contribution in [3.8, 4) is 0 Å². The second-order valence-electron chi connectivity index (χ2n) is 3.62. The van der Waals surface area contributed by atoms with Crippen molar-refractivity contribution >= 4 is 28.8 Å². The van der Waals surface area contributed by atoms with Crippen LogP contribution in [-0.2, 0) is 6.18 Å². The highest BCUT2D eigenvalue weighted by atomic mass is 35.5. The first-order valence-corrected chi connectivity index (χ1v) is 5.46. The minimum atomic E-state index is -4.37. The third kappa shape index (κ3) is 3.05. The van der Waals surface area contributed by atoms with Gasteiger partial charge in [-0.15, -0.1) is 0 Å². The van der Waals surface area contributed by atoms with Crippen LogP contribution in [0.3, 0.4) is 0 Å². The first-order chi connectivity index (χ1) is 8.88. The Balaban J connectivity index is 2.25. The van der Waals surface area contributed by atoms with Gasteiger partial charge in [0.05, 0.1) is 5.56 Å². The van der Waals surface area contributed by atoms with Gasteiger partial charge < -0.3 is 11.1 Å². The molecule has 0 aliphatic rings. The Morgan fingerprint density at radius 3 is 2.26 bits per heavy atom. The lowest BCUT2D eigenvalue weighted by atomic mass is 10.2. The van der Waals surface area contributed by atoms with E-state index in [4.69, 9.17) is 17.3 Å². The van der Waals surface area contributed by atoms with E-state index in [2.05, 4.69) is 15.3 Å². The van der Waals surface area contributed by atoms with E-state index < -0.39 is 11.7 Å². The molecule has 0 bridgehead atoms. The minimum absolute atomic E-state index is 0.0902. The number of nitrogens with zero attached hydrogens (tertiary/aromatic N) is 2. The van der Waals surface area contributed by atoms with E-state index in [1.54, 1.807) is 0 Å². The lowest BCUT2D eigenvalue weighted by Gasteiger charge is -2.11. The first-order valence-electron chi connectivity index (χ1n) is 5.08. The summed E-state index contributed by atoms with van der Waals surface area (Å²) in [4.78, 5) is 7.46. The molecular weight excluding hydrogens is 281 g/mol. The fourth-order valence-electron chi connectivity index (χ4n) is 1.38. The van der Waals surface area contributed by atoms with Crippen LogP contribution in [0.2, 0.25) is 5.15 Å². The Hall–Kier alpha value is -2.02. The Morgan fingerprint density at radius 2 is 1.74 bits per heavy atom. The summed E-state index contributed by atoms with van der Waals surface area (Å²) in [5.74, 6) is 0.111. The maximum Gasteiger partial charge on any atom is 0.416 e. The molecule has 0 amide bonds. The third-order valence-corrected chi connectivity index (χ3v) is 2.60. The zero-order valence-corrected chi connectivity index (χ0v) is 10.1. The van der Waals surface area contributed by atoms with Crippen molar-refractivity contribution in [3.05, 3.63) is 41.3 Å². The smallest absolute Gasteiger partial charge is 0.382 e. The second-order valence-corrected chi connectivity index (χ2v) is 3.98. The number of aromatic nitrogens is 2. The van der Waals surface area contributed by atoms with Gasteiger partial charge in [-0.25, -0.2) is 9.97 Å². The summed E-state index contributed by atoms with van der Waals surface area (Å²) in [6.07, 6.45) is -3.18. The van der Waals surface area contributed by atoms with Crippen LogP contribution in [0.25, 0.3) is 0 Å². The van der Waals surface area contributed by atoms with Crippen LogP contribution in [0.4, 0.5) is 30.4 Å². The number of hydrogen-bond donors (Lipinski definition) is 2. The molecule has 2 rings (SSSR count). The maximum absolute atomic E-state index is 12.4. The number of rotatable bonds is 2. The fraction of sp³-hybridized carbons (Fsp3) is 0.0909. The van der Waals surface area contributed by atoms with Crippen molar-refractivity contribution in [2.45, 2.75) is 6.18 Å². The Bertz CT molecular complexity index is 563. The highest BCUT2D eigenvalue weighted by molar-refractivity contribution is 6.32. The number of nitrogens with two attached hydrogens (primary N) is 1. The predicted molar refractivity (Wildman–Crippen MR) is 66.2 cm³/mol. The molecule has 19 heavy (non-hydrogen) atoms. The van der Waals surface area contributed by atoms with E-state index in [0.717, 1.165) is 12.1 Å². The molecule has 0 aliphatic heterocycles. The average molecular weight is 289 g/mol. The maximum atomic E-state index is 12.4. The Kier molecular flexibility index (Phi) is 3.48. The zero-order chi connectivity index (χ0) is 14.0. The van der Waals surface area contributed by atoms with Crippen LogP contribution in [0, 0.1) is 0 Å². The van der Waals surface area contributed by atoms with Crippen molar-refractivity contribution in [2.75, 3.05) is 11.1 Å². The summed E-state index contributed by atoms with van der Waals surface area (Å²) < 4.78 is 37.2. The molecule has 100 valence electrons. The van der Waals surface area contributed by atoms with Gasteiger partial charge in [-0.1, -0.05) is 11.6 Å². The van der Waals surface area contributed by atoms with Crippen LogP contribution in [0.15, 0.2) is 30.6 Å². The SMILES string of the molecule is Nc1ncnc(Cl)c1Nc1ccc(C(F)(F)F)cc1. The number of halogens is 4. The van der Waals surface area contributed by atoms with E-state index in [9.17, 15) is 13.2 Å². The van der Waals surface area contributed by atoms with Gasteiger partial charge in [-0.05, 0) is 24.3 Å². The van der Waals surface area contributed by atoms with Gasteiger partial charge in [0.2, 0.25) is 0 Å². The molecule has 8 heteroatoms. The second kappa shape index (κ2) is 4.93. The van der Waals surface area contributed by atoms with E-state index in [0.29, 0.717) is 5.69 Å². The normalized spacial score (nSPS) is 11.4. The molecular formula is C11H8ClF3N4. The number of nitrogens with one attached hydrogen (secondary N) is 1. The van der Waals surface area contributed by atoms with E-state index in [-0.39, 0.29) is 16.7 Å². The van der Waals surface area contributed by atoms with Gasteiger partial charge in [0.1, 0.15) is 12.0 Å². The number of anilines is 3. The molecule has 1 aromatic heterocycles. The lowest BCUT2D eigenvalue weighted by molar-refractivity contribution is -0.137. The summed E-state index contributed by atoms with van der Waals surface area (Å²) in [5, 5.41) is 2.86. The highest BCUT2D eigenvalue weighted by Gasteiger charge is 2.29. The van der Waals surface area contributed by atoms with Crippen LogP contribution in [0.5, 0.6) is 0 Å². The molecule has 0 aliphatic carbocycles. The van der Waals surface area contributed by atoms with Crippen molar-refractivity contribution in [1.29, 1.82) is 0 Å². The van der Waals surface area contributed by atoms with Crippen LogP contribution < -0.4 is 11.1 Å². The molecule has 0 spiro atoms. The molecule has 3 N–H and O–H groups in total. The molecule has 0 unspecified atom stereocenters. The lowest BCUT2D eigenvalue weighted by Crippen LogP contribution is -2.05. The summed E-state index contributed by atoms with van der Waals surface area (Å²) in [7, 11) is 0. The van der Waals surface area contributed by atoms with Crippen molar-refractivity contribution in [1.82, 2.24) is 9.97 Å². The highest BCUT2D eigenvalue weighted by Crippen LogP contribution is 2.32. The molecule has 0 atom stereocenters. The summed E-state index contributed by atoms with van der Waals surface area (Å²) in [5.41, 5.74) is 5.51. The largest absolute Gasteiger partial charge is 0.416 e. The van der Waals surface area contributed by atoms with Gasteiger partial charge in [0, 0.05) is 5.69 Å². The fourth-order valence-corrected chi connectivity index (χ4v) is 1.57. The molecule has 0 saturated carbocycles. The number of nitrogen functional groups attached to an aromatic ring is 1. The zero-order valence-electron chi connectivity index (χ0n) is 9.37. The molecule has 4 nitrogen and oxygen atoms in total. The number of hydrogen-bond acceptors (Lipinski definition) is 4. The molecule has 0 fully saturated rings. The topological polar surface area (TPSA) is 63.8 Å². The quantitative estimate of drug-likeness (QED) is 0.831. The Labute approximate surface area is 111 Å². The molecule has 1 heterocycles. The van der Waals surface area contributed by atoms with Crippen molar-refractivity contribution < 1.29 is 13.2 Å². The van der Waals surface area contributed by atoms with Crippen LogP contribution in [-0.4, -0.2) is 9.97 Å². The van der Waals surface area contributed by atoms with Gasteiger partial charge in [0.15, 0.2) is 11.0 Å². The van der Waals surface area contributed by atoms with Crippen molar-refractivity contribution in [3.63, 3.8) is 0 Å². The average Bonchev–Trinajstić information content (AvgIpc) is 2.33. The van der Waals surface area contributed by atoms with Gasteiger partial charge in [-0.2, -0.15) is 13.2 Å². The molecule has 0 radical (unpaired) electrons. The van der Waals surface area contributed by atoms with Gasteiger partial charge >= 0.3 is 6.18 Å². The van der Waals surface area contributed by atoms with E-state index in [1.165, 1.54) is 18.5 Å². The summed E-state index contributed by atoms with van der Waals surface area (Å²) in [6.45, 7) is 0.